The zero-order valence-electron chi connectivity index (χ0n) is 15.4. The van der Waals surface area contributed by atoms with Crippen LogP contribution in [-0.2, 0) is 16.1 Å². The van der Waals surface area contributed by atoms with Gasteiger partial charge in [0.15, 0.2) is 0 Å². The van der Waals surface area contributed by atoms with Crippen molar-refractivity contribution in [3.63, 3.8) is 0 Å². The van der Waals surface area contributed by atoms with Gasteiger partial charge < -0.3 is 19.3 Å². The number of carboxylic acids is 1. The lowest BCUT2D eigenvalue weighted by atomic mass is 10.1. The van der Waals surface area contributed by atoms with Gasteiger partial charge in [0.2, 0.25) is 11.7 Å². The van der Waals surface area contributed by atoms with Crippen molar-refractivity contribution in [1.29, 1.82) is 0 Å². The number of aromatic carboxylic acids is 1. The lowest BCUT2D eigenvalue weighted by Crippen LogP contribution is -2.51. The van der Waals surface area contributed by atoms with Crippen molar-refractivity contribution < 1.29 is 24.0 Å². The number of piperazine rings is 1. The molecule has 0 spiro atoms. The number of hydrogen-bond acceptors (Lipinski definition) is 7. The molecule has 2 saturated heterocycles. The van der Waals surface area contributed by atoms with E-state index in [4.69, 9.17) is 14.4 Å². The molecule has 2 aromatic rings. The lowest BCUT2D eigenvalue weighted by Gasteiger charge is -2.35. The predicted octanol–water partition coefficient (Wildman–Crippen LogP) is 1.26. The molecular formula is C19H22N4O5. The topological polar surface area (TPSA) is 109 Å². The fourth-order valence-electron chi connectivity index (χ4n) is 3.49. The van der Waals surface area contributed by atoms with Gasteiger partial charge in [-0.2, -0.15) is 4.98 Å². The second kappa shape index (κ2) is 8.07. The van der Waals surface area contributed by atoms with Crippen LogP contribution in [-0.4, -0.2) is 75.8 Å². The predicted molar refractivity (Wildman–Crippen MR) is 97.5 cm³/mol. The molecule has 1 aromatic heterocycles. The average Bonchev–Trinajstić information content (AvgIpc) is 3.40. The number of carboxylic acid groups (broad SMARTS) is 1. The van der Waals surface area contributed by atoms with E-state index in [1.165, 1.54) is 12.1 Å². The fraction of sp³-hybridized carbons (Fsp3) is 0.474. The maximum absolute atomic E-state index is 12.4. The number of rotatable bonds is 5. The highest BCUT2D eigenvalue weighted by Gasteiger charge is 2.30. The summed E-state index contributed by atoms with van der Waals surface area (Å²) in [6, 6.07) is 6.34. The van der Waals surface area contributed by atoms with Crippen LogP contribution < -0.4 is 0 Å². The summed E-state index contributed by atoms with van der Waals surface area (Å²) in [5, 5.41) is 12.9. The minimum absolute atomic E-state index is 0.0991. The number of aromatic nitrogens is 2. The second-order valence-electron chi connectivity index (χ2n) is 7.00. The summed E-state index contributed by atoms with van der Waals surface area (Å²) < 4.78 is 10.8. The summed E-state index contributed by atoms with van der Waals surface area (Å²) in [6.07, 6.45) is 1.50. The van der Waals surface area contributed by atoms with Crippen LogP contribution in [0.3, 0.4) is 0 Å². The van der Waals surface area contributed by atoms with Gasteiger partial charge in [0.25, 0.3) is 5.91 Å². The van der Waals surface area contributed by atoms with Gasteiger partial charge in [-0.25, -0.2) is 4.79 Å². The molecule has 1 unspecified atom stereocenters. The molecule has 2 aliphatic heterocycles. The van der Waals surface area contributed by atoms with Crippen molar-refractivity contribution in [3.8, 4) is 11.4 Å². The Morgan fingerprint density at radius 1 is 1.14 bits per heavy atom. The third-order valence-electron chi connectivity index (χ3n) is 5.11. The molecule has 1 aromatic carbocycles. The van der Waals surface area contributed by atoms with Crippen molar-refractivity contribution in [1.82, 2.24) is 19.9 Å². The molecule has 2 aliphatic rings. The second-order valence-corrected chi connectivity index (χ2v) is 7.00. The summed E-state index contributed by atoms with van der Waals surface area (Å²) in [6.45, 7) is 4.00. The average molecular weight is 386 g/mol. The van der Waals surface area contributed by atoms with E-state index in [2.05, 4.69) is 15.0 Å². The number of carbonyl (C=O) groups is 2. The van der Waals surface area contributed by atoms with Crippen molar-refractivity contribution in [2.45, 2.75) is 25.5 Å². The molecule has 0 aliphatic carbocycles. The van der Waals surface area contributed by atoms with Gasteiger partial charge in [0, 0.05) is 38.3 Å². The minimum atomic E-state index is -0.975. The van der Waals surface area contributed by atoms with Gasteiger partial charge in [-0.3, -0.25) is 9.69 Å². The zero-order valence-corrected chi connectivity index (χ0v) is 15.4. The largest absolute Gasteiger partial charge is 0.478 e. The lowest BCUT2D eigenvalue weighted by molar-refractivity contribution is -0.142. The molecule has 4 rings (SSSR count). The molecule has 148 valence electrons. The van der Waals surface area contributed by atoms with E-state index in [9.17, 15) is 9.59 Å². The Kier molecular flexibility index (Phi) is 5.36. The van der Waals surface area contributed by atoms with Gasteiger partial charge in [0.05, 0.1) is 12.1 Å². The van der Waals surface area contributed by atoms with E-state index < -0.39 is 5.97 Å². The van der Waals surface area contributed by atoms with Gasteiger partial charge in [-0.15, -0.1) is 0 Å². The maximum atomic E-state index is 12.4. The number of benzene rings is 1. The van der Waals surface area contributed by atoms with Crippen molar-refractivity contribution in [2.24, 2.45) is 0 Å². The molecule has 0 saturated carbocycles. The highest BCUT2D eigenvalue weighted by molar-refractivity contribution is 5.88. The number of nitrogens with zero attached hydrogens (tertiary/aromatic N) is 4. The van der Waals surface area contributed by atoms with Crippen LogP contribution in [0.15, 0.2) is 28.8 Å². The monoisotopic (exact) mass is 386 g/mol. The quantitative estimate of drug-likeness (QED) is 0.818. The van der Waals surface area contributed by atoms with E-state index >= 15 is 0 Å². The Morgan fingerprint density at radius 2 is 1.89 bits per heavy atom. The van der Waals surface area contributed by atoms with Crippen LogP contribution in [0.2, 0.25) is 0 Å². The van der Waals surface area contributed by atoms with Crippen LogP contribution in [0.4, 0.5) is 0 Å². The molecule has 28 heavy (non-hydrogen) atoms. The van der Waals surface area contributed by atoms with Crippen LogP contribution in [0, 0.1) is 0 Å². The smallest absolute Gasteiger partial charge is 0.335 e. The fourth-order valence-corrected chi connectivity index (χ4v) is 3.49. The molecule has 1 N–H and O–H groups in total. The summed E-state index contributed by atoms with van der Waals surface area (Å²) in [4.78, 5) is 31.8. The van der Waals surface area contributed by atoms with Crippen molar-refractivity contribution in [3.05, 3.63) is 35.7 Å². The van der Waals surface area contributed by atoms with Crippen LogP contribution >= 0.6 is 0 Å². The van der Waals surface area contributed by atoms with Crippen molar-refractivity contribution in [2.75, 3.05) is 32.8 Å². The summed E-state index contributed by atoms with van der Waals surface area (Å²) in [7, 11) is 0. The standard InChI is InChI=1S/C19H22N4O5/c24-18(15-2-1-11-27-15)23-9-7-22(8-10-23)12-16-20-17(21-28-16)13-3-5-14(6-4-13)19(25)26/h3-6,15H,1-2,7-12H2,(H,25,26). The van der Waals surface area contributed by atoms with E-state index in [0.29, 0.717) is 43.5 Å². The Hall–Kier alpha value is -2.78. The van der Waals surface area contributed by atoms with E-state index in [1.807, 2.05) is 4.90 Å². The molecule has 3 heterocycles. The summed E-state index contributed by atoms with van der Waals surface area (Å²) in [5.41, 5.74) is 0.912. The first-order valence-corrected chi connectivity index (χ1v) is 9.39. The Bertz CT molecular complexity index is 836. The molecule has 2 fully saturated rings. The van der Waals surface area contributed by atoms with Crippen LogP contribution in [0.5, 0.6) is 0 Å². The number of ether oxygens (including phenoxy) is 1. The molecule has 1 amide bonds. The number of hydrogen-bond donors (Lipinski definition) is 1. The Morgan fingerprint density at radius 3 is 2.54 bits per heavy atom. The minimum Gasteiger partial charge on any atom is -0.478 e. The van der Waals surface area contributed by atoms with Crippen LogP contribution in [0.1, 0.15) is 29.1 Å². The molecular weight excluding hydrogens is 364 g/mol. The third kappa shape index (κ3) is 4.05. The van der Waals surface area contributed by atoms with E-state index in [0.717, 1.165) is 25.9 Å². The van der Waals surface area contributed by atoms with Gasteiger partial charge in [-0.1, -0.05) is 17.3 Å². The maximum Gasteiger partial charge on any atom is 0.335 e. The Balaban J connectivity index is 1.31. The first-order chi connectivity index (χ1) is 13.6. The SMILES string of the molecule is O=C(O)c1ccc(-c2noc(CN3CCN(C(=O)C4CCCO4)CC3)n2)cc1. The first-order valence-electron chi connectivity index (χ1n) is 9.39. The highest BCUT2D eigenvalue weighted by Crippen LogP contribution is 2.19. The van der Waals surface area contributed by atoms with E-state index in [1.54, 1.807) is 12.1 Å². The van der Waals surface area contributed by atoms with Crippen molar-refractivity contribution >= 4 is 11.9 Å². The first kappa shape index (κ1) is 18.6. The molecule has 9 heteroatoms. The van der Waals surface area contributed by atoms with E-state index in [-0.39, 0.29) is 17.6 Å². The molecule has 1 atom stereocenters. The number of amides is 1. The number of carbonyl (C=O) groups excluding carboxylic acids is 1. The molecule has 0 bridgehead atoms. The summed E-state index contributed by atoms with van der Waals surface area (Å²) >= 11 is 0. The molecule has 9 nitrogen and oxygen atoms in total. The summed E-state index contributed by atoms with van der Waals surface area (Å²) in [5.74, 6) is 0.0508. The van der Waals surface area contributed by atoms with Gasteiger partial charge >= 0.3 is 5.97 Å². The molecule has 0 radical (unpaired) electrons. The van der Waals surface area contributed by atoms with Crippen LogP contribution in [0.25, 0.3) is 11.4 Å². The zero-order chi connectivity index (χ0) is 19.5. The Labute approximate surface area is 161 Å². The normalized spacial score (nSPS) is 20.4. The third-order valence-corrected chi connectivity index (χ3v) is 5.11. The van der Waals surface area contributed by atoms with Gasteiger partial charge in [-0.05, 0) is 25.0 Å². The highest BCUT2D eigenvalue weighted by atomic mass is 16.5. The van der Waals surface area contributed by atoms with Gasteiger partial charge in [0.1, 0.15) is 6.10 Å².